The summed E-state index contributed by atoms with van der Waals surface area (Å²) in [4.78, 5) is 43.4. The van der Waals surface area contributed by atoms with Crippen LogP contribution in [-0.4, -0.2) is 65.3 Å². The Morgan fingerprint density at radius 1 is 0.938 bits per heavy atom. The summed E-state index contributed by atoms with van der Waals surface area (Å²) >= 11 is 0. The largest absolute Gasteiger partial charge is 0.339 e. The van der Waals surface area contributed by atoms with Gasteiger partial charge in [0.1, 0.15) is 0 Å². The van der Waals surface area contributed by atoms with E-state index in [9.17, 15) is 14.4 Å². The SMILES string of the molecule is Cc1ccc(CN2CC(C(=O)N3CCN(C(=O)Nc4cccc(C)c4)CC3)CC2=O)cc1. The van der Waals surface area contributed by atoms with Crippen LogP contribution >= 0.6 is 0 Å². The molecule has 2 aliphatic rings. The molecule has 1 N–H and O–H groups in total. The van der Waals surface area contributed by atoms with Crippen molar-refractivity contribution in [3.8, 4) is 0 Å². The number of carbonyl (C=O) groups is 3. The van der Waals surface area contributed by atoms with Gasteiger partial charge in [-0.05, 0) is 37.1 Å². The van der Waals surface area contributed by atoms with Crippen molar-refractivity contribution >= 4 is 23.5 Å². The van der Waals surface area contributed by atoms with Crippen LogP contribution in [0.25, 0.3) is 0 Å². The molecule has 2 heterocycles. The monoisotopic (exact) mass is 434 g/mol. The van der Waals surface area contributed by atoms with Crippen molar-refractivity contribution in [2.24, 2.45) is 5.92 Å². The van der Waals surface area contributed by atoms with E-state index in [1.54, 1.807) is 14.7 Å². The summed E-state index contributed by atoms with van der Waals surface area (Å²) in [5, 5.41) is 2.92. The normalized spacial score (nSPS) is 18.8. The second-order valence-corrected chi connectivity index (χ2v) is 8.77. The number of urea groups is 1. The molecule has 7 nitrogen and oxygen atoms in total. The fraction of sp³-hybridized carbons (Fsp3) is 0.400. The lowest BCUT2D eigenvalue weighted by Gasteiger charge is -2.35. The number of nitrogens with zero attached hydrogens (tertiary/aromatic N) is 3. The summed E-state index contributed by atoms with van der Waals surface area (Å²) in [6, 6.07) is 15.7. The highest BCUT2D eigenvalue weighted by Crippen LogP contribution is 2.23. The summed E-state index contributed by atoms with van der Waals surface area (Å²) in [6.45, 7) is 6.95. The lowest BCUT2D eigenvalue weighted by Crippen LogP contribution is -2.53. The van der Waals surface area contributed by atoms with Gasteiger partial charge in [0.15, 0.2) is 0 Å². The highest BCUT2D eigenvalue weighted by atomic mass is 16.2. The highest BCUT2D eigenvalue weighted by molar-refractivity contribution is 5.91. The van der Waals surface area contributed by atoms with Crippen LogP contribution in [0.1, 0.15) is 23.1 Å². The van der Waals surface area contributed by atoms with Gasteiger partial charge in [-0.3, -0.25) is 9.59 Å². The quantitative estimate of drug-likeness (QED) is 0.804. The molecule has 32 heavy (non-hydrogen) atoms. The molecule has 2 saturated heterocycles. The molecular formula is C25H30N4O3. The summed E-state index contributed by atoms with van der Waals surface area (Å²) in [5.74, 6) is -0.260. The van der Waals surface area contributed by atoms with Gasteiger partial charge < -0.3 is 20.0 Å². The van der Waals surface area contributed by atoms with Crippen LogP contribution in [0.15, 0.2) is 48.5 Å². The third-order valence-electron chi connectivity index (χ3n) is 6.21. The van der Waals surface area contributed by atoms with Gasteiger partial charge in [-0.2, -0.15) is 0 Å². The van der Waals surface area contributed by atoms with Gasteiger partial charge in [0.25, 0.3) is 0 Å². The minimum absolute atomic E-state index is 0.0171. The van der Waals surface area contributed by atoms with E-state index in [0.717, 1.165) is 16.8 Å². The van der Waals surface area contributed by atoms with E-state index in [1.165, 1.54) is 5.56 Å². The molecule has 4 amide bonds. The number of hydrogen-bond acceptors (Lipinski definition) is 3. The predicted octanol–water partition coefficient (Wildman–Crippen LogP) is 3.03. The van der Waals surface area contributed by atoms with Crippen molar-refractivity contribution in [1.82, 2.24) is 14.7 Å². The van der Waals surface area contributed by atoms with E-state index in [-0.39, 0.29) is 30.2 Å². The second kappa shape index (κ2) is 9.42. The van der Waals surface area contributed by atoms with Crippen LogP contribution in [0.5, 0.6) is 0 Å². The number of carbonyl (C=O) groups excluding carboxylic acids is 3. The fourth-order valence-electron chi connectivity index (χ4n) is 4.32. The number of aryl methyl sites for hydroxylation is 2. The van der Waals surface area contributed by atoms with E-state index in [1.807, 2.05) is 62.4 Å². The Labute approximate surface area is 189 Å². The Hall–Kier alpha value is -3.35. The Kier molecular flexibility index (Phi) is 6.44. The van der Waals surface area contributed by atoms with Crippen molar-refractivity contribution in [3.05, 3.63) is 65.2 Å². The first-order valence-electron chi connectivity index (χ1n) is 11.1. The molecule has 168 valence electrons. The van der Waals surface area contributed by atoms with Gasteiger partial charge in [0.2, 0.25) is 11.8 Å². The summed E-state index contributed by atoms with van der Waals surface area (Å²) in [6.07, 6.45) is 0.263. The fourth-order valence-corrected chi connectivity index (χ4v) is 4.32. The van der Waals surface area contributed by atoms with Gasteiger partial charge in [0.05, 0.1) is 5.92 Å². The molecule has 1 unspecified atom stereocenters. The van der Waals surface area contributed by atoms with Crippen LogP contribution in [0.3, 0.4) is 0 Å². The average molecular weight is 435 g/mol. The number of benzene rings is 2. The van der Waals surface area contributed by atoms with Crippen LogP contribution in [-0.2, 0) is 16.1 Å². The number of anilines is 1. The first-order chi connectivity index (χ1) is 15.4. The number of rotatable bonds is 4. The highest BCUT2D eigenvalue weighted by Gasteiger charge is 2.37. The molecule has 2 aromatic rings. The average Bonchev–Trinajstić information content (AvgIpc) is 3.15. The molecular weight excluding hydrogens is 404 g/mol. The molecule has 0 saturated carbocycles. The van der Waals surface area contributed by atoms with Crippen molar-refractivity contribution in [2.45, 2.75) is 26.8 Å². The van der Waals surface area contributed by atoms with Crippen molar-refractivity contribution in [1.29, 1.82) is 0 Å². The Balaban J connectivity index is 1.27. The van der Waals surface area contributed by atoms with E-state index in [0.29, 0.717) is 39.3 Å². The van der Waals surface area contributed by atoms with Crippen molar-refractivity contribution < 1.29 is 14.4 Å². The van der Waals surface area contributed by atoms with Crippen LogP contribution < -0.4 is 5.32 Å². The maximum Gasteiger partial charge on any atom is 0.321 e. The third kappa shape index (κ3) is 5.10. The van der Waals surface area contributed by atoms with Gasteiger partial charge in [-0.15, -0.1) is 0 Å². The molecule has 1 atom stereocenters. The minimum Gasteiger partial charge on any atom is -0.339 e. The lowest BCUT2D eigenvalue weighted by atomic mass is 10.1. The summed E-state index contributed by atoms with van der Waals surface area (Å²) in [7, 11) is 0. The minimum atomic E-state index is -0.305. The number of piperazine rings is 1. The zero-order valence-corrected chi connectivity index (χ0v) is 18.7. The summed E-state index contributed by atoms with van der Waals surface area (Å²) in [5.41, 5.74) is 4.11. The maximum absolute atomic E-state index is 13.0. The van der Waals surface area contributed by atoms with Gasteiger partial charge in [-0.1, -0.05) is 42.0 Å². The van der Waals surface area contributed by atoms with E-state index in [4.69, 9.17) is 0 Å². The molecule has 0 bridgehead atoms. The predicted molar refractivity (Wildman–Crippen MR) is 123 cm³/mol. The molecule has 2 aliphatic heterocycles. The molecule has 4 rings (SSSR count). The Morgan fingerprint density at radius 3 is 2.31 bits per heavy atom. The summed E-state index contributed by atoms with van der Waals surface area (Å²) < 4.78 is 0. The molecule has 2 fully saturated rings. The van der Waals surface area contributed by atoms with Crippen LogP contribution in [0.2, 0.25) is 0 Å². The molecule has 0 aromatic heterocycles. The standard InChI is InChI=1S/C25H30N4O3/c1-18-6-8-20(9-7-18)16-29-17-21(15-23(29)30)24(31)27-10-12-28(13-11-27)25(32)26-22-5-3-4-19(2)14-22/h3-9,14,21H,10-13,15-17H2,1-2H3,(H,26,32). The lowest BCUT2D eigenvalue weighted by molar-refractivity contribution is -0.137. The topological polar surface area (TPSA) is 73.0 Å². The number of hydrogen-bond donors (Lipinski definition) is 1. The molecule has 7 heteroatoms. The zero-order chi connectivity index (χ0) is 22.7. The van der Waals surface area contributed by atoms with Crippen LogP contribution in [0.4, 0.5) is 10.5 Å². The molecule has 0 spiro atoms. The smallest absolute Gasteiger partial charge is 0.321 e. The van der Waals surface area contributed by atoms with Gasteiger partial charge >= 0.3 is 6.03 Å². The number of amides is 4. The maximum atomic E-state index is 13.0. The third-order valence-corrected chi connectivity index (χ3v) is 6.21. The van der Waals surface area contributed by atoms with Crippen molar-refractivity contribution in [2.75, 3.05) is 38.0 Å². The van der Waals surface area contributed by atoms with E-state index in [2.05, 4.69) is 5.32 Å². The van der Waals surface area contributed by atoms with Crippen molar-refractivity contribution in [3.63, 3.8) is 0 Å². The first-order valence-corrected chi connectivity index (χ1v) is 11.1. The number of nitrogens with one attached hydrogen (secondary N) is 1. The molecule has 0 radical (unpaired) electrons. The Morgan fingerprint density at radius 2 is 1.62 bits per heavy atom. The van der Waals surface area contributed by atoms with Gasteiger partial charge in [-0.25, -0.2) is 4.79 Å². The number of likely N-dealkylation sites (tertiary alicyclic amines) is 1. The second-order valence-electron chi connectivity index (χ2n) is 8.77. The molecule has 2 aromatic carbocycles. The van der Waals surface area contributed by atoms with E-state index < -0.39 is 0 Å². The van der Waals surface area contributed by atoms with E-state index >= 15 is 0 Å². The van der Waals surface area contributed by atoms with Crippen LogP contribution in [0, 0.1) is 19.8 Å². The Bertz CT molecular complexity index is 997. The first kappa shape index (κ1) is 21.9. The zero-order valence-electron chi connectivity index (χ0n) is 18.7. The van der Waals surface area contributed by atoms with Gasteiger partial charge in [0, 0.05) is 51.4 Å². The molecule has 0 aliphatic carbocycles.